The van der Waals surface area contributed by atoms with Crippen LogP contribution < -0.4 is 0 Å². The van der Waals surface area contributed by atoms with Crippen LogP contribution in [0.25, 0.3) is 0 Å². The van der Waals surface area contributed by atoms with Gasteiger partial charge < -0.3 is 4.74 Å². The minimum atomic E-state index is -1.35. The van der Waals surface area contributed by atoms with E-state index in [-0.39, 0.29) is 5.97 Å². The fourth-order valence-corrected chi connectivity index (χ4v) is 2.78. The van der Waals surface area contributed by atoms with E-state index in [1.807, 2.05) is 0 Å². The van der Waals surface area contributed by atoms with Crippen LogP contribution in [0.1, 0.15) is 20.3 Å². The zero-order valence-electron chi connectivity index (χ0n) is 11.3. The highest BCUT2D eigenvalue weighted by molar-refractivity contribution is 6.78. The van der Waals surface area contributed by atoms with Crippen LogP contribution >= 0.6 is 0 Å². The molecule has 0 saturated carbocycles. The van der Waals surface area contributed by atoms with Gasteiger partial charge in [-0.3, -0.25) is 4.79 Å². The normalized spacial score (nSPS) is 13.6. The van der Waals surface area contributed by atoms with Gasteiger partial charge >= 0.3 is 5.97 Å². The van der Waals surface area contributed by atoms with E-state index in [0.29, 0.717) is 12.0 Å². The predicted molar refractivity (Wildman–Crippen MR) is 72.3 cm³/mol. The van der Waals surface area contributed by atoms with Gasteiger partial charge in [0.1, 0.15) is 0 Å². The molecular formula is C13H24O2Si. The molecule has 92 valence electrons. The maximum absolute atomic E-state index is 11.3. The highest BCUT2D eigenvalue weighted by Crippen LogP contribution is 2.27. The number of carbonyl (C=O) groups excluding carboxylic acids is 1. The second kappa shape index (κ2) is 6.69. The minimum absolute atomic E-state index is 0.116. The summed E-state index contributed by atoms with van der Waals surface area (Å²) in [7, 11) is 0.0932. The lowest BCUT2D eigenvalue weighted by Crippen LogP contribution is -2.28. The molecule has 0 aliphatic heterocycles. The van der Waals surface area contributed by atoms with E-state index < -0.39 is 8.07 Å². The number of methoxy groups -OCH3 is 1. The van der Waals surface area contributed by atoms with Crippen LogP contribution in [0.15, 0.2) is 23.8 Å². The monoisotopic (exact) mass is 240 g/mol. The second-order valence-corrected chi connectivity index (χ2v) is 10.9. The third-order valence-electron chi connectivity index (χ3n) is 2.50. The van der Waals surface area contributed by atoms with Gasteiger partial charge in [-0.15, -0.1) is 0 Å². The van der Waals surface area contributed by atoms with Crippen molar-refractivity contribution >= 4 is 14.0 Å². The molecule has 0 amide bonds. The molecule has 0 fully saturated rings. The predicted octanol–water partition coefficient (Wildman–Crippen LogP) is 3.78. The van der Waals surface area contributed by atoms with E-state index >= 15 is 0 Å². The van der Waals surface area contributed by atoms with Crippen molar-refractivity contribution in [2.75, 3.05) is 7.11 Å². The zero-order valence-corrected chi connectivity index (χ0v) is 12.3. The first-order chi connectivity index (χ1) is 7.27. The van der Waals surface area contributed by atoms with Crippen molar-refractivity contribution in [3.8, 4) is 0 Å². The van der Waals surface area contributed by atoms with E-state index in [1.165, 1.54) is 12.7 Å². The van der Waals surface area contributed by atoms with Gasteiger partial charge in [-0.25, -0.2) is 0 Å². The van der Waals surface area contributed by atoms with Crippen LogP contribution in [0, 0.1) is 0 Å². The third kappa shape index (κ3) is 6.61. The van der Waals surface area contributed by atoms with Crippen LogP contribution in [0.2, 0.25) is 25.2 Å². The van der Waals surface area contributed by atoms with Crippen LogP contribution in [0.5, 0.6) is 0 Å². The van der Waals surface area contributed by atoms with Crippen molar-refractivity contribution in [3.05, 3.63) is 23.8 Å². The van der Waals surface area contributed by atoms with Gasteiger partial charge in [-0.1, -0.05) is 43.4 Å². The summed E-state index contributed by atoms with van der Waals surface area (Å²) in [5, 5.41) is 0. The Morgan fingerprint density at radius 1 is 1.31 bits per heavy atom. The topological polar surface area (TPSA) is 26.3 Å². The maximum Gasteiger partial charge on any atom is 0.305 e. The Labute approximate surface area is 100 Å². The van der Waals surface area contributed by atoms with Crippen LogP contribution in [0.4, 0.5) is 0 Å². The van der Waals surface area contributed by atoms with Gasteiger partial charge in [-0.05, 0) is 19.4 Å². The molecule has 0 aliphatic carbocycles. The summed E-state index contributed by atoms with van der Waals surface area (Å²) in [6.07, 6.45) is 6.78. The fourth-order valence-electron chi connectivity index (χ4n) is 1.31. The molecule has 0 aromatic rings. The summed E-state index contributed by atoms with van der Waals surface area (Å²) < 4.78 is 4.74. The van der Waals surface area contributed by atoms with Gasteiger partial charge in [0.2, 0.25) is 0 Å². The quantitative estimate of drug-likeness (QED) is 0.415. The number of ether oxygens (including phenoxy) is 1. The standard InChI is InChI=1S/C13H24O2Si/c1-11(2)8-7-9-12(16(4,5)6)10-13(14)15-3/h7-9,12H,10H2,1-6H3/b9-7+. The molecule has 1 atom stereocenters. The van der Waals surface area contributed by atoms with Gasteiger partial charge in [-0.2, -0.15) is 0 Å². The van der Waals surface area contributed by atoms with Gasteiger partial charge in [0.15, 0.2) is 0 Å². The van der Waals surface area contributed by atoms with E-state index in [9.17, 15) is 4.79 Å². The zero-order chi connectivity index (χ0) is 12.8. The summed E-state index contributed by atoms with van der Waals surface area (Å²) in [6, 6.07) is 0. The molecule has 0 rings (SSSR count). The molecule has 16 heavy (non-hydrogen) atoms. The van der Waals surface area contributed by atoms with E-state index in [4.69, 9.17) is 4.74 Å². The average Bonchev–Trinajstić information content (AvgIpc) is 2.13. The van der Waals surface area contributed by atoms with Crippen molar-refractivity contribution in [2.45, 2.75) is 45.5 Å². The molecule has 0 heterocycles. The van der Waals surface area contributed by atoms with Gasteiger partial charge in [0, 0.05) is 6.42 Å². The first kappa shape index (κ1) is 15.2. The lowest BCUT2D eigenvalue weighted by molar-refractivity contribution is -0.140. The Balaban J connectivity index is 4.64. The SMILES string of the molecule is COC(=O)CC(/C=C/C=C(C)C)[Si](C)(C)C. The van der Waals surface area contributed by atoms with Crippen molar-refractivity contribution in [2.24, 2.45) is 0 Å². The molecule has 1 unspecified atom stereocenters. The maximum atomic E-state index is 11.3. The van der Waals surface area contributed by atoms with E-state index in [0.717, 1.165) is 0 Å². The molecule has 0 aromatic carbocycles. The van der Waals surface area contributed by atoms with Crippen LogP contribution in [0.3, 0.4) is 0 Å². The number of hydrogen-bond acceptors (Lipinski definition) is 2. The Hall–Kier alpha value is -0.833. The third-order valence-corrected chi connectivity index (χ3v) is 5.12. The first-order valence-corrected chi connectivity index (χ1v) is 9.23. The number of carbonyl (C=O) groups is 1. The first-order valence-electron chi connectivity index (χ1n) is 5.66. The van der Waals surface area contributed by atoms with Crippen molar-refractivity contribution in [1.82, 2.24) is 0 Å². The molecule has 0 bridgehead atoms. The molecule has 0 aliphatic rings. The summed E-state index contributed by atoms with van der Waals surface area (Å²) in [6.45, 7) is 10.9. The van der Waals surface area contributed by atoms with Crippen molar-refractivity contribution in [3.63, 3.8) is 0 Å². The molecule has 0 saturated heterocycles. The molecule has 0 radical (unpaired) electrons. The Bertz CT molecular complexity index is 281. The van der Waals surface area contributed by atoms with Gasteiger partial charge in [0.05, 0.1) is 15.2 Å². The number of allylic oxidation sites excluding steroid dienone is 4. The summed E-state index contributed by atoms with van der Waals surface area (Å²) in [4.78, 5) is 11.3. The number of esters is 1. The Morgan fingerprint density at radius 2 is 1.88 bits per heavy atom. The molecule has 2 nitrogen and oxygen atoms in total. The summed E-state index contributed by atoms with van der Waals surface area (Å²) >= 11 is 0. The molecule has 0 aromatic heterocycles. The Morgan fingerprint density at radius 3 is 2.25 bits per heavy atom. The minimum Gasteiger partial charge on any atom is -0.469 e. The molecule has 3 heteroatoms. The van der Waals surface area contributed by atoms with Crippen molar-refractivity contribution in [1.29, 1.82) is 0 Å². The lowest BCUT2D eigenvalue weighted by atomic mass is 10.2. The summed E-state index contributed by atoms with van der Waals surface area (Å²) in [5.74, 6) is -0.116. The second-order valence-electron chi connectivity index (χ2n) is 5.38. The highest BCUT2D eigenvalue weighted by Gasteiger charge is 2.26. The van der Waals surface area contributed by atoms with Crippen molar-refractivity contribution < 1.29 is 9.53 Å². The fraction of sp³-hybridized carbons (Fsp3) is 0.615. The number of hydrogen-bond donors (Lipinski definition) is 0. The lowest BCUT2D eigenvalue weighted by Gasteiger charge is -2.25. The highest BCUT2D eigenvalue weighted by atomic mass is 28.3. The van der Waals surface area contributed by atoms with Crippen LogP contribution in [-0.2, 0) is 9.53 Å². The summed E-state index contributed by atoms with van der Waals surface area (Å²) in [5.41, 5.74) is 1.61. The largest absolute Gasteiger partial charge is 0.469 e. The Kier molecular flexibility index (Phi) is 6.34. The van der Waals surface area contributed by atoms with Gasteiger partial charge in [0.25, 0.3) is 0 Å². The average molecular weight is 240 g/mol. The molecule has 0 spiro atoms. The van der Waals surface area contributed by atoms with Crippen LogP contribution in [-0.4, -0.2) is 21.2 Å². The molecule has 0 N–H and O–H groups in total. The smallest absolute Gasteiger partial charge is 0.305 e. The number of rotatable bonds is 5. The van der Waals surface area contributed by atoms with E-state index in [1.54, 1.807) is 0 Å². The molecular weight excluding hydrogens is 216 g/mol. The van der Waals surface area contributed by atoms with E-state index in [2.05, 4.69) is 51.7 Å².